The number of allylic oxidation sites excluding steroid dienone is 1. The van der Waals surface area contributed by atoms with Crippen LogP contribution < -0.4 is 4.74 Å². The highest BCUT2D eigenvalue weighted by molar-refractivity contribution is 5.66. The average molecular weight is 492 g/mol. The van der Waals surface area contributed by atoms with Gasteiger partial charge in [0.05, 0.1) is 19.8 Å². The second-order valence-corrected chi connectivity index (χ2v) is 8.39. The molecule has 0 amide bonds. The molecule has 0 bridgehead atoms. The summed E-state index contributed by atoms with van der Waals surface area (Å²) in [5.41, 5.74) is 0.757. The highest BCUT2D eigenvalue weighted by atomic mass is 19.2. The summed E-state index contributed by atoms with van der Waals surface area (Å²) < 4.78 is 94.8. The Hall–Kier alpha value is -3.26. The standard InChI is InChI=1S/C27H22F6O2/c1-14(28)26(33)16-4-7-19(22(30)10-16)17-5-8-25(35-13-17)15-3-6-20(21(29)9-15)18-11-23(31)27(34-2)24(32)12-18/h3-4,6-7,9-12,17,25H,5,8,13H2,1-2H3/b26-14+. The lowest BCUT2D eigenvalue weighted by Crippen LogP contribution is -2.20. The molecular weight excluding hydrogens is 470 g/mol. The molecule has 0 saturated carbocycles. The van der Waals surface area contributed by atoms with E-state index in [9.17, 15) is 26.3 Å². The second-order valence-electron chi connectivity index (χ2n) is 8.39. The molecule has 2 unspecified atom stereocenters. The smallest absolute Gasteiger partial charge is 0.190 e. The number of hydrogen-bond acceptors (Lipinski definition) is 2. The van der Waals surface area contributed by atoms with Gasteiger partial charge in [-0.05, 0) is 60.7 Å². The molecule has 8 heteroatoms. The normalized spacial score (nSPS) is 18.9. The molecule has 1 saturated heterocycles. The van der Waals surface area contributed by atoms with Gasteiger partial charge in [0.1, 0.15) is 17.5 Å². The molecule has 0 aliphatic carbocycles. The molecule has 35 heavy (non-hydrogen) atoms. The van der Waals surface area contributed by atoms with Crippen LogP contribution in [0.1, 0.15) is 48.5 Å². The molecule has 2 nitrogen and oxygen atoms in total. The van der Waals surface area contributed by atoms with Crippen LogP contribution in [0.3, 0.4) is 0 Å². The lowest BCUT2D eigenvalue weighted by Gasteiger charge is -2.30. The zero-order valence-electron chi connectivity index (χ0n) is 19.0. The Morgan fingerprint density at radius 2 is 1.57 bits per heavy atom. The molecule has 1 heterocycles. The largest absolute Gasteiger partial charge is 0.491 e. The highest BCUT2D eigenvalue weighted by Gasteiger charge is 2.27. The molecule has 0 aromatic heterocycles. The summed E-state index contributed by atoms with van der Waals surface area (Å²) in [6, 6.07) is 9.99. The van der Waals surface area contributed by atoms with Crippen LogP contribution in [0.5, 0.6) is 5.75 Å². The number of halogens is 6. The first-order valence-corrected chi connectivity index (χ1v) is 11.0. The monoisotopic (exact) mass is 492 g/mol. The van der Waals surface area contributed by atoms with Crippen LogP contribution in [-0.4, -0.2) is 13.7 Å². The van der Waals surface area contributed by atoms with Gasteiger partial charge in [-0.25, -0.2) is 26.3 Å². The van der Waals surface area contributed by atoms with Crippen molar-refractivity contribution in [2.24, 2.45) is 0 Å². The number of methoxy groups -OCH3 is 1. The van der Waals surface area contributed by atoms with Crippen LogP contribution in [0.15, 0.2) is 54.4 Å². The van der Waals surface area contributed by atoms with Gasteiger partial charge < -0.3 is 9.47 Å². The molecule has 184 valence electrons. The van der Waals surface area contributed by atoms with Gasteiger partial charge in [-0.2, -0.15) is 0 Å². The van der Waals surface area contributed by atoms with Crippen LogP contribution in [-0.2, 0) is 4.74 Å². The van der Waals surface area contributed by atoms with E-state index in [0.717, 1.165) is 32.2 Å². The van der Waals surface area contributed by atoms with Crippen molar-refractivity contribution in [3.63, 3.8) is 0 Å². The minimum atomic E-state index is -1.11. The van der Waals surface area contributed by atoms with Gasteiger partial charge in [-0.3, -0.25) is 0 Å². The minimum absolute atomic E-state index is 0.0230. The minimum Gasteiger partial charge on any atom is -0.491 e. The Kier molecular flexibility index (Phi) is 7.21. The summed E-state index contributed by atoms with van der Waals surface area (Å²) in [5, 5.41) is 0. The third-order valence-electron chi connectivity index (χ3n) is 6.15. The van der Waals surface area contributed by atoms with Crippen molar-refractivity contribution in [1.82, 2.24) is 0 Å². The predicted octanol–water partition coefficient (Wildman–Crippen LogP) is 8.18. The van der Waals surface area contributed by atoms with Crippen molar-refractivity contribution in [2.45, 2.75) is 31.8 Å². The Labute approximate surface area is 198 Å². The van der Waals surface area contributed by atoms with Crippen molar-refractivity contribution in [3.8, 4) is 16.9 Å². The first-order chi connectivity index (χ1) is 16.7. The molecule has 3 aromatic carbocycles. The molecule has 0 radical (unpaired) electrons. The lowest BCUT2D eigenvalue weighted by atomic mass is 9.88. The Bertz CT molecular complexity index is 1250. The van der Waals surface area contributed by atoms with Gasteiger partial charge in [0.15, 0.2) is 23.2 Å². The van der Waals surface area contributed by atoms with E-state index in [2.05, 4.69) is 4.74 Å². The maximum Gasteiger partial charge on any atom is 0.190 e. The fraction of sp³-hybridized carbons (Fsp3) is 0.259. The van der Waals surface area contributed by atoms with E-state index in [0.29, 0.717) is 24.0 Å². The quantitative estimate of drug-likeness (QED) is 0.335. The van der Waals surface area contributed by atoms with Crippen molar-refractivity contribution < 1.29 is 35.8 Å². The predicted molar refractivity (Wildman–Crippen MR) is 120 cm³/mol. The summed E-state index contributed by atoms with van der Waals surface area (Å²) in [4.78, 5) is 0. The zero-order valence-corrected chi connectivity index (χ0v) is 19.0. The maximum absolute atomic E-state index is 14.8. The SMILES string of the molecule is COc1c(F)cc(-c2ccc(C3CCC(c4ccc(/C(F)=C(/C)F)cc4F)CO3)cc2F)cc1F. The first-order valence-electron chi connectivity index (χ1n) is 11.0. The third-order valence-corrected chi connectivity index (χ3v) is 6.15. The van der Waals surface area contributed by atoms with Crippen LogP contribution >= 0.6 is 0 Å². The summed E-state index contributed by atoms with van der Waals surface area (Å²) in [5.74, 6) is -6.17. The zero-order chi connectivity index (χ0) is 25.3. The molecule has 4 rings (SSSR count). The van der Waals surface area contributed by atoms with Crippen LogP contribution in [0, 0.1) is 23.3 Å². The van der Waals surface area contributed by atoms with Crippen molar-refractivity contribution in [1.29, 1.82) is 0 Å². The fourth-order valence-corrected chi connectivity index (χ4v) is 4.33. The molecular formula is C27H22F6O2. The van der Waals surface area contributed by atoms with E-state index in [1.165, 1.54) is 24.3 Å². The van der Waals surface area contributed by atoms with Crippen LogP contribution in [0.2, 0.25) is 0 Å². The van der Waals surface area contributed by atoms with Gasteiger partial charge in [0.2, 0.25) is 0 Å². The molecule has 0 N–H and O–H groups in total. The summed E-state index contributed by atoms with van der Waals surface area (Å²) in [6.45, 7) is 1.11. The van der Waals surface area contributed by atoms with Gasteiger partial charge in [0.25, 0.3) is 0 Å². The number of hydrogen-bond donors (Lipinski definition) is 0. The number of rotatable bonds is 5. The van der Waals surface area contributed by atoms with E-state index in [1.807, 2.05) is 0 Å². The lowest BCUT2D eigenvalue weighted by molar-refractivity contribution is 0.00159. The summed E-state index contributed by atoms with van der Waals surface area (Å²) in [7, 11) is 1.14. The third kappa shape index (κ3) is 5.07. The van der Waals surface area contributed by atoms with Gasteiger partial charge in [-0.1, -0.05) is 24.3 Å². The first kappa shape index (κ1) is 24.9. The van der Waals surface area contributed by atoms with E-state index in [4.69, 9.17) is 4.74 Å². The highest BCUT2D eigenvalue weighted by Crippen LogP contribution is 2.38. The van der Waals surface area contributed by atoms with E-state index < -0.39 is 46.8 Å². The van der Waals surface area contributed by atoms with Crippen molar-refractivity contribution in [3.05, 3.63) is 94.3 Å². The molecule has 3 aromatic rings. The molecule has 1 aliphatic rings. The Morgan fingerprint density at radius 1 is 0.857 bits per heavy atom. The summed E-state index contributed by atoms with van der Waals surface area (Å²) in [6.07, 6.45) is 0.546. The van der Waals surface area contributed by atoms with Crippen LogP contribution in [0.4, 0.5) is 26.3 Å². The Balaban J connectivity index is 1.48. The fourth-order valence-electron chi connectivity index (χ4n) is 4.33. The molecule has 0 spiro atoms. The second kappa shape index (κ2) is 10.2. The topological polar surface area (TPSA) is 18.5 Å². The van der Waals surface area contributed by atoms with E-state index in [1.54, 1.807) is 6.07 Å². The average Bonchev–Trinajstić information content (AvgIpc) is 2.83. The molecule has 1 aliphatic heterocycles. The van der Waals surface area contributed by atoms with E-state index >= 15 is 0 Å². The Morgan fingerprint density at radius 3 is 2.11 bits per heavy atom. The number of benzene rings is 3. The van der Waals surface area contributed by atoms with Crippen molar-refractivity contribution in [2.75, 3.05) is 13.7 Å². The molecule has 2 atom stereocenters. The van der Waals surface area contributed by atoms with Crippen LogP contribution in [0.25, 0.3) is 17.0 Å². The number of ether oxygens (including phenoxy) is 2. The van der Waals surface area contributed by atoms with Gasteiger partial charge >= 0.3 is 0 Å². The molecule has 1 fully saturated rings. The van der Waals surface area contributed by atoms with Crippen molar-refractivity contribution >= 4 is 5.83 Å². The maximum atomic E-state index is 14.8. The van der Waals surface area contributed by atoms with Gasteiger partial charge in [-0.15, -0.1) is 0 Å². The van der Waals surface area contributed by atoms with E-state index in [-0.39, 0.29) is 29.2 Å². The van der Waals surface area contributed by atoms with Gasteiger partial charge in [0, 0.05) is 17.0 Å². The summed E-state index contributed by atoms with van der Waals surface area (Å²) >= 11 is 0.